The number of esters is 1. The maximum absolute atomic E-state index is 13.4. The van der Waals surface area contributed by atoms with Gasteiger partial charge in [0.05, 0.1) is 6.61 Å². The molecule has 1 aliphatic rings. The second-order valence-electron chi connectivity index (χ2n) is 9.50. The highest BCUT2D eigenvalue weighted by Gasteiger charge is 2.41. The molecule has 1 heterocycles. The molecule has 0 radical (unpaired) electrons. The molecule has 2 aromatic rings. The minimum Gasteiger partial charge on any atom is -0.459 e. The van der Waals surface area contributed by atoms with Crippen LogP contribution in [0.3, 0.4) is 0 Å². The average molecular weight is 469 g/mol. The molecule has 1 saturated heterocycles. The summed E-state index contributed by atoms with van der Waals surface area (Å²) >= 11 is 0. The Kier molecular flexibility index (Phi) is 9.21. The standard InChI is InChI=1S/C27H36N2O5/c1-19(2)15-22(26(31)32-17-21-13-9-6-10-14-21)29-25(30)24(23-18-33-27(3,4)34-23)28-16-20-11-7-5-8-12-20/h5-14,19,22-24,28H,15-18H2,1-4H3,(H,29,30)/t22-,23+,24-/m0/s1. The van der Waals surface area contributed by atoms with Crippen molar-refractivity contribution >= 4 is 11.9 Å². The van der Waals surface area contributed by atoms with Gasteiger partial charge in [0.2, 0.25) is 5.91 Å². The molecule has 0 unspecified atom stereocenters. The Hall–Kier alpha value is -2.74. The summed E-state index contributed by atoms with van der Waals surface area (Å²) in [5.41, 5.74) is 1.94. The minimum absolute atomic E-state index is 0.160. The second-order valence-corrected chi connectivity index (χ2v) is 9.50. The number of nitrogens with one attached hydrogen (secondary N) is 2. The van der Waals surface area contributed by atoms with Gasteiger partial charge in [-0.15, -0.1) is 0 Å². The molecule has 1 fully saturated rings. The van der Waals surface area contributed by atoms with Crippen molar-refractivity contribution in [2.45, 2.75) is 71.2 Å². The van der Waals surface area contributed by atoms with Crippen LogP contribution in [0.2, 0.25) is 0 Å². The first-order chi connectivity index (χ1) is 16.2. The number of carbonyl (C=O) groups is 2. The lowest BCUT2D eigenvalue weighted by atomic mass is 10.0. The SMILES string of the molecule is CC(C)C[C@H](NC(=O)[C@@H](NCc1ccccc1)[C@H]1COC(C)(C)O1)C(=O)OCc1ccccc1. The Morgan fingerprint density at radius 2 is 1.65 bits per heavy atom. The van der Waals surface area contributed by atoms with E-state index in [0.717, 1.165) is 11.1 Å². The number of benzene rings is 2. The lowest BCUT2D eigenvalue weighted by Gasteiger charge is -2.27. The van der Waals surface area contributed by atoms with Gasteiger partial charge < -0.3 is 19.5 Å². The third-order valence-electron chi connectivity index (χ3n) is 5.59. The molecule has 184 valence electrons. The molecule has 0 bridgehead atoms. The highest BCUT2D eigenvalue weighted by Crippen LogP contribution is 2.25. The number of amides is 1. The third-order valence-corrected chi connectivity index (χ3v) is 5.59. The molecule has 3 atom stereocenters. The number of carbonyl (C=O) groups excluding carboxylic acids is 2. The largest absolute Gasteiger partial charge is 0.459 e. The first-order valence-corrected chi connectivity index (χ1v) is 11.8. The minimum atomic E-state index is -0.774. The van der Waals surface area contributed by atoms with E-state index in [1.54, 1.807) is 0 Å². The molecule has 34 heavy (non-hydrogen) atoms. The molecule has 2 N–H and O–H groups in total. The van der Waals surface area contributed by atoms with E-state index in [0.29, 0.717) is 13.0 Å². The molecular weight excluding hydrogens is 432 g/mol. The topological polar surface area (TPSA) is 85.9 Å². The second kappa shape index (κ2) is 12.1. The third kappa shape index (κ3) is 7.94. The molecule has 7 heteroatoms. The van der Waals surface area contributed by atoms with Crippen molar-refractivity contribution in [3.05, 3.63) is 71.8 Å². The van der Waals surface area contributed by atoms with Gasteiger partial charge in [0, 0.05) is 6.54 Å². The van der Waals surface area contributed by atoms with Crippen LogP contribution < -0.4 is 10.6 Å². The Bertz CT molecular complexity index is 917. The molecule has 2 aromatic carbocycles. The van der Waals surface area contributed by atoms with Gasteiger partial charge in [-0.1, -0.05) is 74.5 Å². The Labute approximate surface area is 202 Å². The smallest absolute Gasteiger partial charge is 0.328 e. The zero-order chi connectivity index (χ0) is 24.6. The molecular formula is C27H36N2O5. The zero-order valence-corrected chi connectivity index (χ0v) is 20.5. The molecule has 1 amide bonds. The molecule has 0 spiro atoms. The van der Waals surface area contributed by atoms with E-state index in [2.05, 4.69) is 10.6 Å². The number of hydrogen-bond acceptors (Lipinski definition) is 6. The normalized spacial score (nSPS) is 18.9. The summed E-state index contributed by atoms with van der Waals surface area (Å²) in [6, 6.07) is 17.9. The van der Waals surface area contributed by atoms with Crippen LogP contribution in [-0.2, 0) is 37.0 Å². The van der Waals surface area contributed by atoms with Gasteiger partial charge in [-0.25, -0.2) is 4.79 Å². The van der Waals surface area contributed by atoms with Crippen LogP contribution in [0, 0.1) is 5.92 Å². The quantitative estimate of drug-likeness (QED) is 0.491. The van der Waals surface area contributed by atoms with Crippen LogP contribution in [0.25, 0.3) is 0 Å². The van der Waals surface area contributed by atoms with Crippen molar-refractivity contribution in [3.8, 4) is 0 Å². The first kappa shape index (κ1) is 25.9. The highest BCUT2D eigenvalue weighted by atomic mass is 16.7. The monoisotopic (exact) mass is 468 g/mol. The average Bonchev–Trinajstić information content (AvgIpc) is 3.17. The molecule has 0 aliphatic carbocycles. The van der Waals surface area contributed by atoms with E-state index >= 15 is 0 Å². The summed E-state index contributed by atoms with van der Waals surface area (Å²) < 4.78 is 17.2. The van der Waals surface area contributed by atoms with Crippen molar-refractivity contribution in [3.63, 3.8) is 0 Å². The first-order valence-electron chi connectivity index (χ1n) is 11.8. The summed E-state index contributed by atoms with van der Waals surface area (Å²) in [5, 5.41) is 6.22. The van der Waals surface area contributed by atoms with Crippen LogP contribution in [0.1, 0.15) is 45.2 Å². The number of rotatable bonds is 11. The fourth-order valence-corrected chi connectivity index (χ4v) is 3.87. The van der Waals surface area contributed by atoms with Crippen LogP contribution in [-0.4, -0.2) is 42.5 Å². The lowest BCUT2D eigenvalue weighted by molar-refractivity contribution is -0.153. The van der Waals surface area contributed by atoms with Gasteiger partial charge in [0.1, 0.15) is 24.8 Å². The Balaban J connectivity index is 1.69. The zero-order valence-electron chi connectivity index (χ0n) is 20.5. The molecule has 1 aliphatic heterocycles. The van der Waals surface area contributed by atoms with Gasteiger partial charge >= 0.3 is 5.97 Å². The van der Waals surface area contributed by atoms with Gasteiger partial charge in [-0.3, -0.25) is 10.1 Å². The van der Waals surface area contributed by atoms with E-state index in [1.807, 2.05) is 88.4 Å². The summed E-state index contributed by atoms with van der Waals surface area (Å²) in [7, 11) is 0. The van der Waals surface area contributed by atoms with E-state index in [1.165, 1.54) is 0 Å². The molecule has 0 aromatic heterocycles. The maximum atomic E-state index is 13.4. The highest BCUT2D eigenvalue weighted by molar-refractivity contribution is 5.88. The van der Waals surface area contributed by atoms with Crippen molar-refractivity contribution in [2.24, 2.45) is 5.92 Å². The Morgan fingerprint density at radius 3 is 2.21 bits per heavy atom. The number of hydrogen-bond donors (Lipinski definition) is 2. The van der Waals surface area contributed by atoms with E-state index in [9.17, 15) is 9.59 Å². The fraction of sp³-hybridized carbons (Fsp3) is 0.481. The summed E-state index contributed by atoms with van der Waals surface area (Å²) in [4.78, 5) is 26.3. The Morgan fingerprint density at radius 1 is 1.03 bits per heavy atom. The van der Waals surface area contributed by atoms with Crippen LogP contribution in [0.15, 0.2) is 60.7 Å². The van der Waals surface area contributed by atoms with Gasteiger partial charge in [-0.2, -0.15) is 0 Å². The van der Waals surface area contributed by atoms with E-state index in [4.69, 9.17) is 14.2 Å². The number of ether oxygens (including phenoxy) is 3. The predicted molar refractivity (Wildman–Crippen MR) is 130 cm³/mol. The maximum Gasteiger partial charge on any atom is 0.328 e. The van der Waals surface area contributed by atoms with Crippen molar-refractivity contribution in [1.82, 2.24) is 10.6 Å². The van der Waals surface area contributed by atoms with E-state index in [-0.39, 0.29) is 25.0 Å². The molecule has 3 rings (SSSR count). The summed E-state index contributed by atoms with van der Waals surface area (Å²) in [5.74, 6) is -1.35. The van der Waals surface area contributed by atoms with Crippen molar-refractivity contribution in [2.75, 3.05) is 6.61 Å². The summed E-state index contributed by atoms with van der Waals surface area (Å²) in [6.07, 6.45) is -0.0167. The van der Waals surface area contributed by atoms with E-state index < -0.39 is 29.9 Å². The summed E-state index contributed by atoms with van der Waals surface area (Å²) in [6.45, 7) is 8.57. The molecule has 7 nitrogen and oxygen atoms in total. The molecule has 0 saturated carbocycles. The van der Waals surface area contributed by atoms with Gasteiger partial charge in [-0.05, 0) is 37.3 Å². The van der Waals surface area contributed by atoms with Crippen molar-refractivity contribution < 1.29 is 23.8 Å². The van der Waals surface area contributed by atoms with Gasteiger partial charge in [0.25, 0.3) is 0 Å². The van der Waals surface area contributed by atoms with Crippen LogP contribution >= 0.6 is 0 Å². The predicted octanol–water partition coefficient (Wildman–Crippen LogP) is 3.57. The van der Waals surface area contributed by atoms with Crippen LogP contribution in [0.4, 0.5) is 0 Å². The fourth-order valence-electron chi connectivity index (χ4n) is 3.87. The van der Waals surface area contributed by atoms with Gasteiger partial charge in [0.15, 0.2) is 5.79 Å². The van der Waals surface area contributed by atoms with Crippen molar-refractivity contribution in [1.29, 1.82) is 0 Å². The lowest BCUT2D eigenvalue weighted by Crippen LogP contribution is -2.56. The van der Waals surface area contributed by atoms with Crippen LogP contribution in [0.5, 0.6) is 0 Å².